The molecule has 1 aromatic rings. The molecule has 0 heterocycles. The molecule has 1 aromatic carbocycles. The Morgan fingerprint density at radius 3 is 2.52 bits per heavy atom. The molecule has 1 N–H and O–H groups in total. The first kappa shape index (κ1) is 21.5. The zero-order valence-electron chi connectivity index (χ0n) is 16.2. The van der Waals surface area contributed by atoms with E-state index in [9.17, 15) is 4.79 Å². The van der Waals surface area contributed by atoms with Crippen LogP contribution in [-0.4, -0.2) is 32.1 Å². The van der Waals surface area contributed by atoms with Gasteiger partial charge in [0.25, 0.3) is 0 Å². The van der Waals surface area contributed by atoms with Crippen molar-refractivity contribution in [3.8, 4) is 0 Å². The van der Waals surface area contributed by atoms with Crippen LogP contribution in [0.2, 0.25) is 0 Å². The van der Waals surface area contributed by atoms with Crippen LogP contribution in [0.1, 0.15) is 63.7 Å². The van der Waals surface area contributed by atoms with Crippen LogP contribution < -0.4 is 5.32 Å². The van der Waals surface area contributed by atoms with Gasteiger partial charge in [0.1, 0.15) is 12.2 Å². The smallest absolute Gasteiger partial charge is 0.407 e. The largest absolute Gasteiger partial charge is 0.443 e. The van der Waals surface area contributed by atoms with Gasteiger partial charge >= 0.3 is 6.09 Å². The van der Waals surface area contributed by atoms with Gasteiger partial charge in [-0.25, -0.2) is 4.79 Å². The summed E-state index contributed by atoms with van der Waals surface area (Å²) < 4.78 is 17.2. The lowest BCUT2D eigenvalue weighted by atomic mass is 10.00. The van der Waals surface area contributed by atoms with Crippen molar-refractivity contribution in [1.82, 2.24) is 5.32 Å². The number of unbranched alkanes of at least 4 members (excludes halogenated alkanes) is 1. The van der Waals surface area contributed by atoms with Gasteiger partial charge in [-0.05, 0) is 44.2 Å². The molecule has 0 spiro atoms. The van der Waals surface area contributed by atoms with E-state index in [0.717, 1.165) is 36.8 Å². The number of aryl methyl sites for hydroxylation is 1. The molecule has 0 fully saturated rings. The second-order valence-electron chi connectivity index (χ2n) is 6.26. The van der Waals surface area contributed by atoms with Gasteiger partial charge in [0.2, 0.25) is 0 Å². The van der Waals surface area contributed by atoms with Crippen LogP contribution in [0, 0.1) is 6.92 Å². The predicted octanol–water partition coefficient (Wildman–Crippen LogP) is 4.74. The molecular weight excluding hydrogens is 318 g/mol. The van der Waals surface area contributed by atoms with Gasteiger partial charge < -0.3 is 19.5 Å². The standard InChI is InChI=1S/C20H33NO4/c1-6-8-13-18(23-5)25-19(17-12-10-9-11-15(17)3)16(4)24-20(22)21-14-7-2/h9-12,16,18-19H,6-8,13-14H2,1-5H3,(H,21,22). The summed E-state index contributed by atoms with van der Waals surface area (Å²) in [5, 5.41) is 2.74. The third kappa shape index (κ3) is 7.45. The van der Waals surface area contributed by atoms with E-state index in [4.69, 9.17) is 14.2 Å². The molecule has 3 unspecified atom stereocenters. The number of hydrogen-bond donors (Lipinski definition) is 1. The minimum atomic E-state index is -0.433. The SMILES string of the molecule is CCCCC(OC)OC(c1ccccc1C)C(C)OC(=O)NCCC. The van der Waals surface area contributed by atoms with Crippen LogP contribution in [0.3, 0.4) is 0 Å². The third-order valence-corrected chi connectivity index (χ3v) is 4.09. The summed E-state index contributed by atoms with van der Waals surface area (Å²) in [5.41, 5.74) is 2.11. The zero-order chi connectivity index (χ0) is 18.7. The number of hydrogen-bond acceptors (Lipinski definition) is 4. The Morgan fingerprint density at radius 2 is 1.92 bits per heavy atom. The molecule has 0 bridgehead atoms. The Balaban J connectivity index is 2.90. The molecule has 0 saturated heterocycles. The molecule has 5 heteroatoms. The molecule has 0 saturated carbocycles. The van der Waals surface area contributed by atoms with Crippen LogP contribution in [0.25, 0.3) is 0 Å². The molecule has 0 aliphatic rings. The lowest BCUT2D eigenvalue weighted by Crippen LogP contribution is -2.34. The average molecular weight is 351 g/mol. The van der Waals surface area contributed by atoms with Crippen molar-refractivity contribution in [3.63, 3.8) is 0 Å². The Kier molecular flexibility index (Phi) is 10.2. The topological polar surface area (TPSA) is 56.8 Å². The molecular formula is C20H33NO4. The summed E-state index contributed by atoms with van der Waals surface area (Å²) in [6.07, 6.45) is 2.21. The number of methoxy groups -OCH3 is 1. The van der Waals surface area contributed by atoms with E-state index in [0.29, 0.717) is 6.54 Å². The second-order valence-corrected chi connectivity index (χ2v) is 6.26. The molecule has 142 valence electrons. The summed E-state index contributed by atoms with van der Waals surface area (Å²) in [6, 6.07) is 8.00. The van der Waals surface area contributed by atoms with Crippen LogP contribution in [0.15, 0.2) is 24.3 Å². The summed E-state index contributed by atoms with van der Waals surface area (Å²) >= 11 is 0. The minimum absolute atomic E-state index is 0.325. The quantitative estimate of drug-likeness (QED) is 0.585. The van der Waals surface area contributed by atoms with Crippen LogP contribution in [0.5, 0.6) is 0 Å². The zero-order valence-corrected chi connectivity index (χ0v) is 16.2. The monoisotopic (exact) mass is 351 g/mol. The van der Waals surface area contributed by atoms with Crippen LogP contribution >= 0.6 is 0 Å². The highest BCUT2D eigenvalue weighted by atomic mass is 16.7. The number of nitrogens with one attached hydrogen (secondary N) is 1. The van der Waals surface area contributed by atoms with Crippen molar-refractivity contribution in [2.75, 3.05) is 13.7 Å². The van der Waals surface area contributed by atoms with Crippen molar-refractivity contribution in [3.05, 3.63) is 35.4 Å². The van der Waals surface area contributed by atoms with E-state index in [1.165, 1.54) is 0 Å². The van der Waals surface area contributed by atoms with Gasteiger partial charge in [-0.15, -0.1) is 0 Å². The molecule has 3 atom stereocenters. The molecule has 0 radical (unpaired) electrons. The van der Waals surface area contributed by atoms with Crippen LogP contribution in [-0.2, 0) is 14.2 Å². The lowest BCUT2D eigenvalue weighted by molar-refractivity contribution is -0.183. The minimum Gasteiger partial charge on any atom is -0.443 e. The molecule has 5 nitrogen and oxygen atoms in total. The number of benzene rings is 1. The van der Waals surface area contributed by atoms with Gasteiger partial charge in [0, 0.05) is 13.7 Å². The molecule has 0 aromatic heterocycles. The lowest BCUT2D eigenvalue weighted by Gasteiger charge is -2.29. The molecule has 1 amide bonds. The van der Waals surface area contributed by atoms with Gasteiger partial charge in [-0.3, -0.25) is 0 Å². The number of alkyl carbamates (subject to hydrolysis) is 1. The van der Waals surface area contributed by atoms with Crippen molar-refractivity contribution >= 4 is 6.09 Å². The van der Waals surface area contributed by atoms with Crippen molar-refractivity contribution < 1.29 is 19.0 Å². The Labute approximate surface area is 152 Å². The van der Waals surface area contributed by atoms with Gasteiger partial charge in [0.05, 0.1) is 0 Å². The Bertz CT molecular complexity index is 506. The third-order valence-electron chi connectivity index (χ3n) is 4.09. The summed E-state index contributed by atoms with van der Waals surface area (Å²) in [7, 11) is 1.65. The van der Waals surface area contributed by atoms with Crippen molar-refractivity contribution in [2.45, 2.75) is 71.9 Å². The van der Waals surface area contributed by atoms with Crippen molar-refractivity contribution in [1.29, 1.82) is 0 Å². The highest BCUT2D eigenvalue weighted by Gasteiger charge is 2.28. The van der Waals surface area contributed by atoms with E-state index < -0.39 is 12.2 Å². The number of carbonyl (C=O) groups excluding carboxylic acids is 1. The normalized spacial score (nSPS) is 14.6. The van der Waals surface area contributed by atoms with Gasteiger partial charge in [-0.2, -0.15) is 0 Å². The fourth-order valence-corrected chi connectivity index (χ4v) is 2.62. The maximum Gasteiger partial charge on any atom is 0.407 e. The molecule has 0 aliphatic carbocycles. The van der Waals surface area contributed by atoms with E-state index in [1.54, 1.807) is 7.11 Å². The number of amides is 1. The maximum atomic E-state index is 11.9. The highest BCUT2D eigenvalue weighted by molar-refractivity contribution is 5.67. The Hall–Kier alpha value is -1.59. The number of ether oxygens (including phenoxy) is 3. The second kappa shape index (κ2) is 11.9. The van der Waals surface area contributed by atoms with E-state index in [-0.39, 0.29) is 12.4 Å². The van der Waals surface area contributed by atoms with Gasteiger partial charge in [0.15, 0.2) is 6.29 Å². The maximum absolute atomic E-state index is 11.9. The number of carbonyl (C=O) groups is 1. The predicted molar refractivity (Wildman–Crippen MR) is 99.6 cm³/mol. The fourth-order valence-electron chi connectivity index (χ4n) is 2.62. The molecule has 0 aliphatic heterocycles. The number of rotatable bonds is 11. The molecule has 1 rings (SSSR count). The molecule has 25 heavy (non-hydrogen) atoms. The average Bonchev–Trinajstić information content (AvgIpc) is 2.61. The van der Waals surface area contributed by atoms with E-state index in [1.807, 2.05) is 45.0 Å². The first-order chi connectivity index (χ1) is 12.0. The summed E-state index contributed by atoms with van der Waals surface area (Å²) in [4.78, 5) is 11.9. The van der Waals surface area contributed by atoms with E-state index in [2.05, 4.69) is 12.2 Å². The first-order valence-corrected chi connectivity index (χ1v) is 9.21. The van der Waals surface area contributed by atoms with Crippen molar-refractivity contribution in [2.24, 2.45) is 0 Å². The summed E-state index contributed by atoms with van der Waals surface area (Å²) in [5.74, 6) is 0. The van der Waals surface area contributed by atoms with Gasteiger partial charge in [-0.1, -0.05) is 44.5 Å². The first-order valence-electron chi connectivity index (χ1n) is 9.21. The van der Waals surface area contributed by atoms with E-state index >= 15 is 0 Å². The summed E-state index contributed by atoms with van der Waals surface area (Å²) in [6.45, 7) is 8.62. The Morgan fingerprint density at radius 1 is 1.20 bits per heavy atom. The fraction of sp³-hybridized carbons (Fsp3) is 0.650. The van der Waals surface area contributed by atoms with Crippen LogP contribution in [0.4, 0.5) is 4.79 Å². The highest BCUT2D eigenvalue weighted by Crippen LogP contribution is 2.29.